The second kappa shape index (κ2) is 6.71. The van der Waals surface area contributed by atoms with Crippen LogP contribution in [0.25, 0.3) is 0 Å². The first-order chi connectivity index (χ1) is 9.85. The van der Waals surface area contributed by atoms with Crippen LogP contribution in [0, 0.1) is 0 Å². The Bertz CT molecular complexity index is 462. The van der Waals surface area contributed by atoms with Gasteiger partial charge in [0, 0.05) is 0 Å². The van der Waals surface area contributed by atoms with Crippen LogP contribution in [0.5, 0.6) is 0 Å². The van der Waals surface area contributed by atoms with Crippen molar-refractivity contribution in [3.8, 4) is 0 Å². The van der Waals surface area contributed by atoms with E-state index in [0.717, 1.165) is 0 Å². The largest absolute Gasteiger partial charge is 0.547 e. The molecule has 0 saturated carbocycles. The Morgan fingerprint density at radius 1 is 1.14 bits per heavy atom. The van der Waals surface area contributed by atoms with Crippen LogP contribution in [0.2, 0.25) is 45.8 Å². The molecule has 0 aliphatic carbocycles. The minimum absolute atomic E-state index is 0.00312. The summed E-state index contributed by atoms with van der Waals surface area (Å²) in [5.74, 6) is 0. The van der Waals surface area contributed by atoms with Gasteiger partial charge >= 0.3 is 17.1 Å². The van der Waals surface area contributed by atoms with Crippen molar-refractivity contribution < 1.29 is 17.1 Å². The lowest BCUT2D eigenvalue weighted by Crippen LogP contribution is -2.55. The molecule has 0 N–H and O–H groups in total. The van der Waals surface area contributed by atoms with Gasteiger partial charge in [-0.3, -0.25) is 0 Å². The van der Waals surface area contributed by atoms with Crippen LogP contribution in [0.1, 0.15) is 0 Å². The van der Waals surface area contributed by atoms with Crippen molar-refractivity contribution in [1.29, 1.82) is 0 Å². The minimum Gasteiger partial charge on any atom is -0.547 e. The highest BCUT2D eigenvalue weighted by Crippen LogP contribution is 2.30. The quantitative estimate of drug-likeness (QED) is 0.473. The summed E-state index contributed by atoms with van der Waals surface area (Å²) in [4.78, 5) is 0. The minimum atomic E-state index is -2.37. The molecular formula is C14H30O4Si4. The predicted molar refractivity (Wildman–Crippen MR) is 102 cm³/mol. The Hall–Kier alpha value is -0.232. The zero-order valence-corrected chi connectivity index (χ0v) is 18.9. The van der Waals surface area contributed by atoms with E-state index in [0.29, 0.717) is 0 Å². The van der Waals surface area contributed by atoms with Gasteiger partial charge in [-0.1, -0.05) is 18.4 Å². The fourth-order valence-corrected chi connectivity index (χ4v) is 17.1. The lowest BCUT2D eigenvalue weighted by atomic mass is 10.7. The molecule has 0 aromatic heterocycles. The second-order valence-electron chi connectivity index (χ2n) is 7.21. The summed E-state index contributed by atoms with van der Waals surface area (Å²) in [5, 5.41) is 0. The molecule has 2 atom stereocenters. The van der Waals surface area contributed by atoms with Crippen molar-refractivity contribution in [1.82, 2.24) is 0 Å². The van der Waals surface area contributed by atoms with Crippen molar-refractivity contribution >= 4 is 33.8 Å². The first-order valence-electron chi connectivity index (χ1n) is 7.55. The average Bonchev–Trinajstić information content (AvgIpc) is 2.69. The molecule has 2 unspecified atom stereocenters. The summed E-state index contributed by atoms with van der Waals surface area (Å²) in [6.07, 6.45) is 3.62. The van der Waals surface area contributed by atoms with Crippen LogP contribution in [-0.4, -0.2) is 39.5 Å². The summed E-state index contributed by atoms with van der Waals surface area (Å²) in [6.45, 7) is 22.3. The van der Waals surface area contributed by atoms with E-state index >= 15 is 0 Å². The van der Waals surface area contributed by atoms with E-state index in [2.05, 4.69) is 70.8 Å². The maximum absolute atomic E-state index is 6.40. The highest BCUT2D eigenvalue weighted by atomic mass is 28.5. The molecular weight excluding hydrogens is 344 g/mol. The summed E-state index contributed by atoms with van der Waals surface area (Å²) < 4.78 is 24.7. The zero-order valence-electron chi connectivity index (χ0n) is 14.9. The van der Waals surface area contributed by atoms with Gasteiger partial charge < -0.3 is 17.1 Å². The SMILES string of the molecule is C=CO[Si](C)(C)C1C=C[Si](C)(O[Si](C)(C)O[Si](C)(C)C=C)O1. The third-order valence-corrected chi connectivity index (χ3v) is 16.3. The number of rotatable bonds is 8. The molecule has 1 heterocycles. The Balaban J connectivity index is 2.77. The van der Waals surface area contributed by atoms with Crippen molar-refractivity contribution in [2.75, 3.05) is 0 Å². The molecule has 4 nitrogen and oxygen atoms in total. The third-order valence-electron chi connectivity index (χ3n) is 3.46. The van der Waals surface area contributed by atoms with Crippen LogP contribution in [0.3, 0.4) is 0 Å². The molecule has 1 rings (SSSR count). The maximum Gasteiger partial charge on any atom is 0.353 e. The van der Waals surface area contributed by atoms with Crippen molar-refractivity contribution in [2.45, 2.75) is 51.6 Å². The molecule has 22 heavy (non-hydrogen) atoms. The molecule has 0 saturated heterocycles. The van der Waals surface area contributed by atoms with E-state index in [1.165, 1.54) is 6.26 Å². The number of hydrogen-bond acceptors (Lipinski definition) is 4. The van der Waals surface area contributed by atoms with Crippen molar-refractivity contribution in [3.63, 3.8) is 0 Å². The average molecular weight is 375 g/mol. The zero-order chi connectivity index (χ0) is 17.2. The molecule has 0 aromatic carbocycles. The van der Waals surface area contributed by atoms with Gasteiger partial charge in [0.2, 0.25) is 0 Å². The lowest BCUT2D eigenvalue weighted by molar-refractivity contribution is 0.227. The summed E-state index contributed by atoms with van der Waals surface area (Å²) >= 11 is 0. The van der Waals surface area contributed by atoms with Crippen molar-refractivity contribution in [3.05, 3.63) is 36.9 Å². The van der Waals surface area contributed by atoms with E-state index in [9.17, 15) is 0 Å². The lowest BCUT2D eigenvalue weighted by Gasteiger charge is -2.37. The summed E-state index contributed by atoms with van der Waals surface area (Å²) in [5.41, 5.74) is 4.05. The van der Waals surface area contributed by atoms with Gasteiger partial charge in [0.05, 0.1) is 12.0 Å². The van der Waals surface area contributed by atoms with Crippen LogP contribution < -0.4 is 0 Å². The molecule has 0 aromatic rings. The maximum atomic E-state index is 6.40. The number of hydrogen-bond donors (Lipinski definition) is 0. The van der Waals surface area contributed by atoms with Crippen LogP contribution in [0.15, 0.2) is 36.9 Å². The molecule has 0 fully saturated rings. The highest BCUT2D eigenvalue weighted by Gasteiger charge is 2.49. The van der Waals surface area contributed by atoms with E-state index in [-0.39, 0.29) is 5.73 Å². The van der Waals surface area contributed by atoms with Gasteiger partial charge in [0.1, 0.15) is 0 Å². The smallest absolute Gasteiger partial charge is 0.353 e. The molecule has 126 valence electrons. The van der Waals surface area contributed by atoms with Gasteiger partial charge in [0.15, 0.2) is 8.32 Å². The fraction of sp³-hybridized carbons (Fsp3) is 0.571. The summed E-state index contributed by atoms with van der Waals surface area (Å²) in [7, 11) is -8.51. The molecule has 8 heteroatoms. The van der Waals surface area contributed by atoms with Crippen LogP contribution >= 0.6 is 0 Å². The van der Waals surface area contributed by atoms with E-state index < -0.39 is 33.8 Å². The first-order valence-corrected chi connectivity index (χ1v) is 18.7. The third kappa shape index (κ3) is 5.44. The topological polar surface area (TPSA) is 36.9 Å². The summed E-state index contributed by atoms with van der Waals surface area (Å²) in [6, 6.07) is 0. The van der Waals surface area contributed by atoms with Gasteiger partial charge in [-0.05, 0) is 51.5 Å². The highest BCUT2D eigenvalue weighted by molar-refractivity contribution is 6.90. The monoisotopic (exact) mass is 374 g/mol. The Kier molecular flexibility index (Phi) is 6.05. The normalized spacial score (nSPS) is 26.0. The van der Waals surface area contributed by atoms with E-state index in [4.69, 9.17) is 17.1 Å². The molecule has 0 spiro atoms. The fourth-order valence-electron chi connectivity index (χ4n) is 2.49. The first kappa shape index (κ1) is 19.8. The Morgan fingerprint density at radius 2 is 1.73 bits per heavy atom. The standard InChI is InChI=1S/C14H30O4Si4/c1-10-15-20(5,6)14-12-13-22(9,16-14)18-21(7,8)17-19(3,4)11-2/h10-14H,1-2H2,3-9H3. The van der Waals surface area contributed by atoms with Gasteiger partial charge in [-0.25, -0.2) is 0 Å². The Labute approximate surface area is 139 Å². The Morgan fingerprint density at radius 3 is 2.23 bits per heavy atom. The predicted octanol–water partition coefficient (Wildman–Crippen LogP) is 4.12. The molecule has 1 aliphatic heterocycles. The van der Waals surface area contributed by atoms with Crippen LogP contribution in [0.4, 0.5) is 0 Å². The second-order valence-corrected chi connectivity index (χ2v) is 21.9. The van der Waals surface area contributed by atoms with Crippen LogP contribution in [-0.2, 0) is 17.1 Å². The molecule has 0 radical (unpaired) electrons. The molecule has 0 amide bonds. The van der Waals surface area contributed by atoms with E-state index in [1.54, 1.807) is 0 Å². The van der Waals surface area contributed by atoms with Gasteiger partial charge in [-0.15, -0.1) is 6.58 Å². The van der Waals surface area contributed by atoms with Gasteiger partial charge in [-0.2, -0.15) is 0 Å². The van der Waals surface area contributed by atoms with Gasteiger partial charge in [0.25, 0.3) is 8.32 Å². The molecule has 0 bridgehead atoms. The van der Waals surface area contributed by atoms with Crippen molar-refractivity contribution in [2.24, 2.45) is 0 Å². The van der Waals surface area contributed by atoms with E-state index in [1.807, 2.05) is 5.70 Å². The molecule has 1 aliphatic rings.